The zero-order valence-corrected chi connectivity index (χ0v) is 16.4. The predicted molar refractivity (Wildman–Crippen MR) is 97.9 cm³/mol. The van der Waals surface area contributed by atoms with Gasteiger partial charge in [0.25, 0.3) is 5.91 Å². The summed E-state index contributed by atoms with van der Waals surface area (Å²) in [4.78, 5) is 25.2. The van der Waals surface area contributed by atoms with E-state index in [1.54, 1.807) is 0 Å². The number of sulfone groups is 1. The van der Waals surface area contributed by atoms with E-state index in [0.29, 0.717) is 0 Å². The molecule has 7 nitrogen and oxygen atoms in total. The second-order valence-corrected chi connectivity index (χ2v) is 9.99. The van der Waals surface area contributed by atoms with Crippen molar-refractivity contribution in [2.24, 2.45) is 5.92 Å². The summed E-state index contributed by atoms with van der Waals surface area (Å²) in [7, 11) is -3.73. The Hall–Kier alpha value is -2.00. The van der Waals surface area contributed by atoms with E-state index in [2.05, 4.69) is 0 Å². The van der Waals surface area contributed by atoms with E-state index in [0.717, 1.165) is 6.07 Å². The summed E-state index contributed by atoms with van der Waals surface area (Å²) in [5, 5.41) is 18.9. The Balaban J connectivity index is 1.70. The Kier molecular flexibility index (Phi) is 5.51. The van der Waals surface area contributed by atoms with Gasteiger partial charge in [-0.25, -0.2) is 12.8 Å². The number of halogens is 1. The Morgan fingerprint density at radius 3 is 2.43 bits per heavy atom. The van der Waals surface area contributed by atoms with E-state index < -0.39 is 44.3 Å². The molecule has 0 radical (unpaired) electrons. The molecule has 3 rings (SSSR count). The second kappa shape index (κ2) is 7.44. The summed E-state index contributed by atoms with van der Waals surface area (Å²) < 4.78 is 39.1. The first-order valence-electron chi connectivity index (χ1n) is 9.29. The minimum Gasteiger partial charge on any atom is -0.481 e. The molecule has 1 aliphatic heterocycles. The van der Waals surface area contributed by atoms with Crippen molar-refractivity contribution in [1.82, 2.24) is 4.90 Å². The Morgan fingerprint density at radius 2 is 1.86 bits per heavy atom. The zero-order chi connectivity index (χ0) is 20.7. The number of hydrogen-bond acceptors (Lipinski definition) is 5. The SMILES string of the molecule is Cc1cc(S(=O)(=O)C2CCN(C(=O)C3(O)CCC(C(=O)O)CC3)C2)ccc1F. The summed E-state index contributed by atoms with van der Waals surface area (Å²) in [6.07, 6.45) is 0.754. The lowest BCUT2D eigenvalue weighted by Gasteiger charge is -2.36. The quantitative estimate of drug-likeness (QED) is 0.724. The van der Waals surface area contributed by atoms with E-state index in [1.165, 1.54) is 24.0 Å². The topological polar surface area (TPSA) is 112 Å². The molecule has 2 N–H and O–H groups in total. The van der Waals surface area contributed by atoms with Gasteiger partial charge in [0.15, 0.2) is 9.84 Å². The molecule has 1 saturated carbocycles. The lowest BCUT2D eigenvalue weighted by molar-refractivity contribution is -0.158. The van der Waals surface area contributed by atoms with Crippen molar-refractivity contribution >= 4 is 21.7 Å². The highest BCUT2D eigenvalue weighted by Crippen LogP contribution is 2.35. The molecule has 1 amide bonds. The minimum absolute atomic E-state index is 0.0198. The molecule has 0 bridgehead atoms. The summed E-state index contributed by atoms with van der Waals surface area (Å²) >= 11 is 0. The van der Waals surface area contributed by atoms with Crippen molar-refractivity contribution in [3.63, 3.8) is 0 Å². The lowest BCUT2D eigenvalue weighted by atomic mass is 9.78. The summed E-state index contributed by atoms with van der Waals surface area (Å²) in [5.74, 6) is -2.52. The fraction of sp³-hybridized carbons (Fsp3) is 0.579. The van der Waals surface area contributed by atoms with E-state index in [-0.39, 0.29) is 55.7 Å². The van der Waals surface area contributed by atoms with Crippen LogP contribution in [0.3, 0.4) is 0 Å². The Labute approximate surface area is 163 Å². The molecule has 9 heteroatoms. The molecular formula is C19H24FNO6S. The third kappa shape index (κ3) is 3.77. The molecule has 2 aliphatic rings. The molecule has 0 spiro atoms. The van der Waals surface area contributed by atoms with Gasteiger partial charge in [0.1, 0.15) is 11.4 Å². The number of aryl methyl sites for hydroxylation is 1. The maximum Gasteiger partial charge on any atom is 0.306 e. The van der Waals surface area contributed by atoms with E-state index >= 15 is 0 Å². The highest BCUT2D eigenvalue weighted by Gasteiger charge is 2.46. The first-order chi connectivity index (χ1) is 13.0. The number of carbonyl (C=O) groups excluding carboxylic acids is 1. The number of amides is 1. The largest absolute Gasteiger partial charge is 0.481 e. The highest BCUT2D eigenvalue weighted by atomic mass is 32.2. The van der Waals surface area contributed by atoms with Gasteiger partial charge in [-0.15, -0.1) is 0 Å². The Morgan fingerprint density at radius 1 is 1.21 bits per heavy atom. The number of aliphatic hydroxyl groups is 1. The van der Waals surface area contributed by atoms with Gasteiger partial charge < -0.3 is 15.1 Å². The highest BCUT2D eigenvalue weighted by molar-refractivity contribution is 7.92. The molecule has 1 unspecified atom stereocenters. The molecule has 1 aromatic carbocycles. The number of aliphatic carboxylic acids is 1. The van der Waals surface area contributed by atoms with Gasteiger partial charge in [-0.05, 0) is 62.8 Å². The van der Waals surface area contributed by atoms with Crippen LogP contribution in [0.25, 0.3) is 0 Å². The van der Waals surface area contributed by atoms with Crippen molar-refractivity contribution in [2.75, 3.05) is 13.1 Å². The van der Waals surface area contributed by atoms with E-state index in [9.17, 15) is 27.5 Å². The van der Waals surface area contributed by atoms with Gasteiger partial charge in [0, 0.05) is 13.1 Å². The van der Waals surface area contributed by atoms with Crippen LogP contribution in [0.1, 0.15) is 37.7 Å². The fourth-order valence-electron chi connectivity index (χ4n) is 4.00. The number of rotatable bonds is 4. The Bertz CT molecular complexity index is 892. The van der Waals surface area contributed by atoms with Crippen LogP contribution >= 0.6 is 0 Å². The monoisotopic (exact) mass is 413 g/mol. The average Bonchev–Trinajstić information content (AvgIpc) is 3.14. The van der Waals surface area contributed by atoms with Crippen LogP contribution in [-0.4, -0.2) is 59.3 Å². The number of benzene rings is 1. The third-order valence-electron chi connectivity index (χ3n) is 5.89. The van der Waals surface area contributed by atoms with Gasteiger partial charge in [-0.1, -0.05) is 0 Å². The molecule has 2 fully saturated rings. The van der Waals surface area contributed by atoms with Crippen LogP contribution in [-0.2, 0) is 19.4 Å². The van der Waals surface area contributed by atoms with Gasteiger partial charge in [0.05, 0.1) is 16.1 Å². The molecule has 1 heterocycles. The second-order valence-electron chi connectivity index (χ2n) is 7.76. The molecule has 1 atom stereocenters. The summed E-state index contributed by atoms with van der Waals surface area (Å²) in [6.45, 7) is 1.65. The fourth-order valence-corrected chi connectivity index (χ4v) is 5.78. The lowest BCUT2D eigenvalue weighted by Crippen LogP contribution is -2.51. The van der Waals surface area contributed by atoms with Crippen molar-refractivity contribution in [3.05, 3.63) is 29.6 Å². The molecule has 1 aromatic rings. The summed E-state index contributed by atoms with van der Waals surface area (Å²) in [6, 6.07) is 3.63. The zero-order valence-electron chi connectivity index (χ0n) is 15.6. The molecule has 154 valence electrons. The summed E-state index contributed by atoms with van der Waals surface area (Å²) in [5.41, 5.74) is -1.41. The number of carbonyl (C=O) groups is 2. The number of likely N-dealkylation sites (tertiary alicyclic amines) is 1. The van der Waals surface area contributed by atoms with Crippen LogP contribution in [0, 0.1) is 18.7 Å². The normalized spacial score (nSPS) is 28.3. The van der Waals surface area contributed by atoms with Crippen LogP contribution in [0.4, 0.5) is 4.39 Å². The van der Waals surface area contributed by atoms with Gasteiger partial charge in [-0.3, -0.25) is 9.59 Å². The van der Waals surface area contributed by atoms with E-state index in [4.69, 9.17) is 5.11 Å². The van der Waals surface area contributed by atoms with Crippen molar-refractivity contribution in [1.29, 1.82) is 0 Å². The third-order valence-corrected chi connectivity index (χ3v) is 8.06. The van der Waals surface area contributed by atoms with Crippen LogP contribution in [0.2, 0.25) is 0 Å². The minimum atomic E-state index is -3.73. The smallest absolute Gasteiger partial charge is 0.306 e. The molecule has 28 heavy (non-hydrogen) atoms. The molecule has 1 aliphatic carbocycles. The van der Waals surface area contributed by atoms with Crippen LogP contribution in [0.15, 0.2) is 23.1 Å². The number of nitrogens with zero attached hydrogens (tertiary/aromatic N) is 1. The average molecular weight is 413 g/mol. The molecule has 0 aromatic heterocycles. The van der Waals surface area contributed by atoms with Crippen LogP contribution in [0.5, 0.6) is 0 Å². The first kappa shape index (κ1) is 20.7. The van der Waals surface area contributed by atoms with Crippen molar-refractivity contribution < 1.29 is 32.6 Å². The van der Waals surface area contributed by atoms with Gasteiger partial charge >= 0.3 is 5.97 Å². The molecule has 1 saturated heterocycles. The maximum atomic E-state index is 13.4. The number of carboxylic acids is 1. The van der Waals surface area contributed by atoms with Crippen molar-refractivity contribution in [2.45, 2.75) is 54.8 Å². The number of carboxylic acid groups (broad SMARTS) is 1. The molecular weight excluding hydrogens is 389 g/mol. The maximum absolute atomic E-state index is 13.4. The van der Waals surface area contributed by atoms with Gasteiger partial charge in [0.2, 0.25) is 0 Å². The van der Waals surface area contributed by atoms with Crippen LogP contribution < -0.4 is 0 Å². The number of hydrogen-bond donors (Lipinski definition) is 2. The standard InChI is InChI=1S/C19H24FNO6S/c1-12-10-14(2-3-16(12)20)28(26,27)15-6-9-21(11-15)18(24)19(25)7-4-13(5-8-19)17(22)23/h2-3,10,13,15,25H,4-9,11H2,1H3,(H,22,23). The van der Waals surface area contributed by atoms with Gasteiger partial charge in [-0.2, -0.15) is 0 Å². The van der Waals surface area contributed by atoms with E-state index in [1.807, 2.05) is 0 Å². The predicted octanol–water partition coefficient (Wildman–Crippen LogP) is 1.51. The first-order valence-corrected chi connectivity index (χ1v) is 10.8. The van der Waals surface area contributed by atoms with Crippen molar-refractivity contribution in [3.8, 4) is 0 Å².